The van der Waals surface area contributed by atoms with E-state index in [1.54, 1.807) is 27.7 Å². The van der Waals surface area contributed by atoms with Crippen molar-refractivity contribution in [2.24, 2.45) is 0 Å². The van der Waals surface area contributed by atoms with Gasteiger partial charge < -0.3 is 9.31 Å². The molecule has 0 atom stereocenters. The van der Waals surface area contributed by atoms with Gasteiger partial charge in [0.2, 0.25) is 0 Å². The summed E-state index contributed by atoms with van der Waals surface area (Å²) in [5.41, 5.74) is -2.42. The van der Waals surface area contributed by atoms with Crippen LogP contribution in [0.3, 0.4) is 0 Å². The van der Waals surface area contributed by atoms with Gasteiger partial charge in [-0.25, -0.2) is 0 Å². The Morgan fingerprint density at radius 2 is 2.06 bits per heavy atom. The molecule has 0 aliphatic carbocycles. The van der Waals surface area contributed by atoms with Crippen LogP contribution in [0.25, 0.3) is 0 Å². The van der Waals surface area contributed by atoms with Crippen molar-refractivity contribution in [3.63, 3.8) is 0 Å². The van der Waals surface area contributed by atoms with Crippen molar-refractivity contribution < 1.29 is 20.3 Å². The minimum absolute atomic E-state index is 0.206. The van der Waals surface area contributed by atoms with Gasteiger partial charge in [-0.05, 0) is 51.7 Å². The molecule has 1 aromatic rings. The number of nitrogens with zero attached hydrogens (tertiary/aromatic N) is 1. The fourth-order valence-corrected chi connectivity index (χ4v) is 1.46. The lowest BCUT2D eigenvalue weighted by molar-refractivity contribution is 0.00578. The second-order valence-electron chi connectivity index (χ2n) is 4.95. The smallest absolute Gasteiger partial charge is 0.398 e. The SMILES string of the molecule is [2H]c1nc(B2OC(C)(C)C(C)(C)O2)c([2H])c(C([2H])([2H])C([2H])([2H])[2H])c1[2H]. The highest BCUT2D eigenvalue weighted by atomic mass is 16.7. The third-order valence-corrected chi connectivity index (χ3v) is 3.21. The first-order chi connectivity index (χ1) is 11.0. The van der Waals surface area contributed by atoms with E-state index < -0.39 is 55.4 Å². The van der Waals surface area contributed by atoms with E-state index in [1.165, 1.54) is 0 Å². The Morgan fingerprint density at radius 3 is 2.65 bits per heavy atom. The topological polar surface area (TPSA) is 31.4 Å². The van der Waals surface area contributed by atoms with Crippen LogP contribution in [-0.4, -0.2) is 23.3 Å². The van der Waals surface area contributed by atoms with Crippen molar-refractivity contribution in [3.8, 4) is 0 Å². The lowest BCUT2D eigenvalue weighted by Crippen LogP contribution is -2.41. The predicted octanol–water partition coefficient (Wildman–Crippen LogP) is 1.94. The van der Waals surface area contributed by atoms with Crippen molar-refractivity contribution in [1.82, 2.24) is 4.98 Å². The molecular weight excluding hydrogens is 213 g/mol. The van der Waals surface area contributed by atoms with Gasteiger partial charge in [-0.15, -0.1) is 0 Å². The second-order valence-corrected chi connectivity index (χ2v) is 4.95. The quantitative estimate of drug-likeness (QED) is 0.741. The number of rotatable bonds is 2. The van der Waals surface area contributed by atoms with Crippen LogP contribution in [0.4, 0.5) is 0 Å². The van der Waals surface area contributed by atoms with Crippen LogP contribution in [0.1, 0.15) is 51.1 Å². The number of hydrogen-bond donors (Lipinski definition) is 0. The highest BCUT2D eigenvalue weighted by Crippen LogP contribution is 2.36. The molecule has 0 radical (unpaired) electrons. The Kier molecular flexibility index (Phi) is 1.41. The maximum atomic E-state index is 8.23. The Balaban J connectivity index is 2.65. The first kappa shape index (κ1) is 5.85. The molecule has 0 saturated carbocycles. The maximum Gasteiger partial charge on any atom is 0.514 e. The summed E-state index contributed by atoms with van der Waals surface area (Å²) in [5, 5.41) is 0. The van der Waals surface area contributed by atoms with Crippen LogP contribution in [0.5, 0.6) is 0 Å². The van der Waals surface area contributed by atoms with Crippen molar-refractivity contribution in [3.05, 3.63) is 23.8 Å². The predicted molar refractivity (Wildman–Crippen MR) is 69.3 cm³/mol. The van der Waals surface area contributed by atoms with Crippen LogP contribution < -0.4 is 5.59 Å². The third-order valence-electron chi connectivity index (χ3n) is 3.21. The zero-order valence-corrected chi connectivity index (χ0v) is 10.3. The van der Waals surface area contributed by atoms with Gasteiger partial charge in [0.25, 0.3) is 0 Å². The van der Waals surface area contributed by atoms with E-state index in [0.29, 0.717) is 0 Å². The minimum Gasteiger partial charge on any atom is -0.398 e. The zero-order valence-electron chi connectivity index (χ0n) is 18.3. The summed E-state index contributed by atoms with van der Waals surface area (Å²) in [6, 6.07) is -1.33. The standard InChI is InChI=1S/C13H20BNO2/c1-6-10-7-8-15-11(9-10)14-16-12(2,3)13(4,5)17-14/h7-9H,6H2,1-5H3/i1D3,6D2,7D,8D,9D. The van der Waals surface area contributed by atoms with Gasteiger partial charge in [-0.1, -0.05) is 6.85 Å². The lowest BCUT2D eigenvalue weighted by atomic mass is 9.83. The molecule has 2 rings (SSSR count). The lowest BCUT2D eigenvalue weighted by Gasteiger charge is -2.32. The van der Waals surface area contributed by atoms with Gasteiger partial charge in [0.1, 0.15) is 0 Å². The molecule has 1 aliphatic heterocycles. The molecule has 0 aromatic carbocycles. The summed E-state index contributed by atoms with van der Waals surface area (Å²) >= 11 is 0. The van der Waals surface area contributed by atoms with Crippen LogP contribution >= 0.6 is 0 Å². The molecule has 0 spiro atoms. The van der Waals surface area contributed by atoms with Crippen molar-refractivity contribution in [2.45, 2.75) is 52.1 Å². The summed E-state index contributed by atoms with van der Waals surface area (Å²) < 4.78 is 73.4. The Hall–Kier alpha value is -0.865. The zero-order chi connectivity index (χ0) is 19.6. The average molecular weight is 241 g/mol. The molecule has 1 saturated heterocycles. The van der Waals surface area contributed by atoms with E-state index in [0.717, 1.165) is 0 Å². The minimum atomic E-state index is -3.11. The normalized spacial score (nSPS) is 30.2. The first-order valence-corrected chi connectivity index (χ1v) is 5.37. The molecule has 2 heterocycles. The Morgan fingerprint density at radius 1 is 1.41 bits per heavy atom. The Bertz CT molecular complexity index is 688. The highest BCUT2D eigenvalue weighted by molar-refractivity contribution is 6.61. The van der Waals surface area contributed by atoms with E-state index in [2.05, 4.69) is 4.98 Å². The molecule has 17 heavy (non-hydrogen) atoms. The first-order valence-electron chi connectivity index (χ1n) is 9.37. The van der Waals surface area contributed by atoms with E-state index in [9.17, 15) is 0 Å². The summed E-state index contributed by atoms with van der Waals surface area (Å²) in [4.78, 5) is 3.83. The molecule has 0 N–H and O–H groups in total. The summed E-state index contributed by atoms with van der Waals surface area (Å²) in [5.74, 6) is 0. The fourth-order valence-electron chi connectivity index (χ4n) is 1.46. The van der Waals surface area contributed by atoms with Gasteiger partial charge in [0.05, 0.1) is 20.9 Å². The van der Waals surface area contributed by atoms with E-state index >= 15 is 0 Å². The molecule has 0 bridgehead atoms. The van der Waals surface area contributed by atoms with Gasteiger partial charge in [-0.3, -0.25) is 4.98 Å². The van der Waals surface area contributed by atoms with Gasteiger partial charge in [0.15, 0.2) is 0 Å². The molecule has 0 unspecified atom stereocenters. The van der Waals surface area contributed by atoms with E-state index in [-0.39, 0.29) is 5.59 Å². The highest BCUT2D eigenvalue weighted by Gasteiger charge is 2.52. The maximum absolute atomic E-state index is 8.23. The molecular formula is C13H20BNO2. The second kappa shape index (κ2) is 4.11. The number of hydrogen-bond acceptors (Lipinski definition) is 3. The Labute approximate surface area is 115 Å². The monoisotopic (exact) mass is 241 g/mol. The van der Waals surface area contributed by atoms with Gasteiger partial charge in [-0.2, -0.15) is 0 Å². The van der Waals surface area contributed by atoms with Crippen LogP contribution in [0.15, 0.2) is 18.3 Å². The largest absolute Gasteiger partial charge is 0.514 e. The molecule has 3 nitrogen and oxygen atoms in total. The molecule has 0 amide bonds. The third kappa shape index (κ3) is 2.24. The average Bonchev–Trinajstić information content (AvgIpc) is 2.61. The summed E-state index contributed by atoms with van der Waals surface area (Å²) in [7, 11) is -1.16. The number of aromatic nitrogens is 1. The van der Waals surface area contributed by atoms with Crippen molar-refractivity contribution in [1.29, 1.82) is 0 Å². The molecule has 4 heteroatoms. The summed E-state index contributed by atoms with van der Waals surface area (Å²) in [6.45, 7) is 4.00. The van der Waals surface area contributed by atoms with Crippen LogP contribution in [0, 0.1) is 0 Å². The molecule has 1 aliphatic rings. The van der Waals surface area contributed by atoms with Crippen LogP contribution in [0.2, 0.25) is 0 Å². The van der Waals surface area contributed by atoms with Crippen LogP contribution in [-0.2, 0) is 15.7 Å². The fraction of sp³-hybridized carbons (Fsp3) is 0.615. The number of pyridine rings is 1. The van der Waals surface area contributed by atoms with Gasteiger partial charge in [0, 0.05) is 13.0 Å². The summed E-state index contributed by atoms with van der Waals surface area (Å²) in [6.07, 6.45) is -3.62. The van der Waals surface area contributed by atoms with Crippen molar-refractivity contribution >= 4 is 12.7 Å². The van der Waals surface area contributed by atoms with E-state index in [4.69, 9.17) is 20.3 Å². The molecule has 1 aromatic heterocycles. The molecule has 1 fully saturated rings. The van der Waals surface area contributed by atoms with Gasteiger partial charge >= 0.3 is 7.12 Å². The van der Waals surface area contributed by atoms with E-state index in [1.807, 2.05) is 0 Å². The molecule has 92 valence electrons. The van der Waals surface area contributed by atoms with Crippen molar-refractivity contribution in [2.75, 3.05) is 0 Å².